The number of nitrogens with one attached hydrogen (secondary N) is 1. The van der Waals surface area contributed by atoms with Crippen LogP contribution in [0.15, 0.2) is 18.3 Å². The van der Waals surface area contributed by atoms with Crippen LogP contribution in [0.2, 0.25) is 0 Å². The molecule has 0 aliphatic heterocycles. The number of ether oxygens (including phenoxy) is 1. The fraction of sp³-hybridized carbons (Fsp3) is 0.500. The first-order valence-electron chi connectivity index (χ1n) is 6.70. The summed E-state index contributed by atoms with van der Waals surface area (Å²) < 4.78 is 5.37. The number of carbonyl (C=O) groups excluding carboxylic acids is 1. The van der Waals surface area contributed by atoms with E-state index in [1.165, 1.54) is 18.3 Å². The lowest BCUT2D eigenvalue weighted by molar-refractivity contribution is 0.0696. The summed E-state index contributed by atoms with van der Waals surface area (Å²) in [5.74, 6) is -1.45. The molecule has 0 spiro atoms. The number of rotatable bonds is 9. The van der Waals surface area contributed by atoms with Gasteiger partial charge < -0.3 is 15.2 Å². The molecule has 0 aromatic carbocycles. The van der Waals surface area contributed by atoms with Gasteiger partial charge in [0.1, 0.15) is 5.69 Å². The van der Waals surface area contributed by atoms with Crippen molar-refractivity contribution in [3.05, 3.63) is 29.6 Å². The number of carbonyl (C=O) groups is 2. The molecule has 20 heavy (non-hydrogen) atoms. The minimum atomic E-state index is -1.08. The van der Waals surface area contributed by atoms with Crippen LogP contribution in [0.4, 0.5) is 0 Å². The summed E-state index contributed by atoms with van der Waals surface area (Å²) in [7, 11) is 0. The van der Waals surface area contributed by atoms with E-state index in [2.05, 4.69) is 17.2 Å². The lowest BCUT2D eigenvalue weighted by Gasteiger charge is -2.06. The Hall–Kier alpha value is -1.95. The molecule has 1 amide bonds. The zero-order chi connectivity index (χ0) is 14.8. The van der Waals surface area contributed by atoms with Crippen LogP contribution in [0, 0.1) is 0 Å². The molecule has 1 heterocycles. The Morgan fingerprint density at radius 3 is 2.80 bits per heavy atom. The van der Waals surface area contributed by atoms with Crippen LogP contribution in [0.25, 0.3) is 0 Å². The minimum Gasteiger partial charge on any atom is -0.478 e. The molecule has 110 valence electrons. The van der Waals surface area contributed by atoms with E-state index in [1.54, 1.807) is 0 Å². The highest BCUT2D eigenvalue weighted by Crippen LogP contribution is 2.01. The van der Waals surface area contributed by atoms with Crippen molar-refractivity contribution in [2.45, 2.75) is 26.2 Å². The van der Waals surface area contributed by atoms with Gasteiger partial charge in [-0.05, 0) is 25.0 Å². The molecule has 1 aromatic rings. The molecule has 0 saturated carbocycles. The van der Waals surface area contributed by atoms with Crippen LogP contribution >= 0.6 is 0 Å². The van der Waals surface area contributed by atoms with E-state index < -0.39 is 5.97 Å². The van der Waals surface area contributed by atoms with Gasteiger partial charge in [-0.3, -0.25) is 9.78 Å². The van der Waals surface area contributed by atoms with Gasteiger partial charge in [0.05, 0.1) is 5.56 Å². The predicted octanol–water partition coefficient (Wildman–Crippen LogP) is 1.72. The smallest absolute Gasteiger partial charge is 0.335 e. The first-order valence-corrected chi connectivity index (χ1v) is 6.70. The Kier molecular flexibility index (Phi) is 7.27. The van der Waals surface area contributed by atoms with Crippen molar-refractivity contribution in [2.75, 3.05) is 19.8 Å². The largest absolute Gasteiger partial charge is 0.478 e. The first kappa shape index (κ1) is 16.1. The highest BCUT2D eigenvalue weighted by molar-refractivity contribution is 5.95. The van der Waals surface area contributed by atoms with Gasteiger partial charge in [0.15, 0.2) is 0 Å². The normalized spacial score (nSPS) is 10.2. The summed E-state index contributed by atoms with van der Waals surface area (Å²) >= 11 is 0. The van der Waals surface area contributed by atoms with Gasteiger partial charge in [-0.25, -0.2) is 4.79 Å². The fourth-order valence-corrected chi connectivity index (χ4v) is 1.50. The number of carboxylic acids is 1. The summed E-state index contributed by atoms with van der Waals surface area (Å²) in [6.07, 6.45) is 4.17. The van der Waals surface area contributed by atoms with E-state index in [1.807, 2.05) is 0 Å². The van der Waals surface area contributed by atoms with Gasteiger partial charge in [0.2, 0.25) is 0 Å². The van der Waals surface area contributed by atoms with Gasteiger partial charge in [0.25, 0.3) is 5.91 Å². The van der Waals surface area contributed by atoms with Crippen molar-refractivity contribution < 1.29 is 19.4 Å². The second-order valence-corrected chi connectivity index (χ2v) is 4.31. The molecule has 6 heteroatoms. The van der Waals surface area contributed by atoms with Crippen LogP contribution < -0.4 is 5.32 Å². The zero-order valence-corrected chi connectivity index (χ0v) is 11.6. The lowest BCUT2D eigenvalue weighted by Crippen LogP contribution is -2.26. The van der Waals surface area contributed by atoms with E-state index in [-0.39, 0.29) is 17.2 Å². The van der Waals surface area contributed by atoms with E-state index in [9.17, 15) is 9.59 Å². The fourth-order valence-electron chi connectivity index (χ4n) is 1.50. The Morgan fingerprint density at radius 2 is 2.10 bits per heavy atom. The summed E-state index contributed by atoms with van der Waals surface area (Å²) in [6.45, 7) is 3.92. The number of aromatic carboxylic acids is 1. The summed E-state index contributed by atoms with van der Waals surface area (Å²) in [6, 6.07) is 2.61. The maximum absolute atomic E-state index is 11.7. The Balaban J connectivity index is 2.29. The number of aromatic nitrogens is 1. The van der Waals surface area contributed by atoms with Gasteiger partial charge in [-0.15, -0.1) is 0 Å². The third-order valence-electron chi connectivity index (χ3n) is 2.63. The number of amides is 1. The van der Waals surface area contributed by atoms with Gasteiger partial charge in [0, 0.05) is 26.0 Å². The highest BCUT2D eigenvalue weighted by Gasteiger charge is 2.10. The van der Waals surface area contributed by atoms with E-state index in [0.29, 0.717) is 19.6 Å². The molecule has 0 fully saturated rings. The van der Waals surface area contributed by atoms with Crippen molar-refractivity contribution in [1.82, 2.24) is 10.3 Å². The van der Waals surface area contributed by atoms with E-state index in [0.717, 1.165) is 19.4 Å². The minimum absolute atomic E-state index is 0.0491. The third-order valence-corrected chi connectivity index (χ3v) is 2.63. The molecule has 0 unspecified atom stereocenters. The average Bonchev–Trinajstić information content (AvgIpc) is 2.46. The van der Waals surface area contributed by atoms with Crippen LogP contribution in [0.3, 0.4) is 0 Å². The Morgan fingerprint density at radius 1 is 1.35 bits per heavy atom. The molecule has 0 atom stereocenters. The van der Waals surface area contributed by atoms with Gasteiger partial charge in [-0.1, -0.05) is 13.3 Å². The van der Waals surface area contributed by atoms with Gasteiger partial charge in [-0.2, -0.15) is 0 Å². The van der Waals surface area contributed by atoms with Crippen molar-refractivity contribution in [2.24, 2.45) is 0 Å². The molecule has 0 bridgehead atoms. The first-order chi connectivity index (χ1) is 9.65. The second-order valence-electron chi connectivity index (χ2n) is 4.31. The monoisotopic (exact) mass is 280 g/mol. The molecule has 0 aliphatic rings. The number of hydrogen-bond donors (Lipinski definition) is 2. The maximum Gasteiger partial charge on any atom is 0.335 e. The molecule has 6 nitrogen and oxygen atoms in total. The van der Waals surface area contributed by atoms with Crippen molar-refractivity contribution in [3.8, 4) is 0 Å². The van der Waals surface area contributed by atoms with E-state index in [4.69, 9.17) is 9.84 Å². The summed E-state index contributed by atoms with van der Waals surface area (Å²) in [4.78, 5) is 26.4. The SMILES string of the molecule is CCCCOCCCNC(=O)c1cc(C(=O)O)ccn1. The van der Waals surface area contributed by atoms with Crippen LogP contribution in [0.5, 0.6) is 0 Å². The third kappa shape index (κ3) is 5.79. The lowest BCUT2D eigenvalue weighted by atomic mass is 10.2. The molecular formula is C14H20N2O4. The Labute approximate surface area is 118 Å². The zero-order valence-electron chi connectivity index (χ0n) is 11.6. The maximum atomic E-state index is 11.7. The number of unbranched alkanes of at least 4 members (excludes halogenated alkanes) is 1. The topological polar surface area (TPSA) is 88.5 Å². The predicted molar refractivity (Wildman–Crippen MR) is 73.9 cm³/mol. The molecular weight excluding hydrogens is 260 g/mol. The van der Waals surface area contributed by atoms with E-state index >= 15 is 0 Å². The molecule has 2 N–H and O–H groups in total. The number of hydrogen-bond acceptors (Lipinski definition) is 4. The molecule has 0 aliphatic carbocycles. The van der Waals surface area contributed by atoms with Crippen molar-refractivity contribution in [3.63, 3.8) is 0 Å². The molecule has 0 radical (unpaired) electrons. The standard InChI is InChI=1S/C14H20N2O4/c1-2-3-8-20-9-4-6-16-13(17)12-10-11(14(18)19)5-7-15-12/h5,7,10H,2-4,6,8-9H2,1H3,(H,16,17)(H,18,19). The number of nitrogens with zero attached hydrogens (tertiary/aromatic N) is 1. The number of carboxylic acid groups (broad SMARTS) is 1. The molecule has 1 aromatic heterocycles. The van der Waals surface area contributed by atoms with Crippen LogP contribution in [-0.2, 0) is 4.74 Å². The highest BCUT2D eigenvalue weighted by atomic mass is 16.5. The second kappa shape index (κ2) is 9.03. The quantitative estimate of drug-likeness (QED) is 0.672. The average molecular weight is 280 g/mol. The van der Waals surface area contributed by atoms with Crippen LogP contribution in [-0.4, -0.2) is 41.7 Å². The summed E-state index contributed by atoms with van der Waals surface area (Å²) in [5.41, 5.74) is 0.157. The number of pyridine rings is 1. The van der Waals surface area contributed by atoms with Gasteiger partial charge >= 0.3 is 5.97 Å². The molecule has 1 rings (SSSR count). The van der Waals surface area contributed by atoms with Crippen LogP contribution in [0.1, 0.15) is 47.0 Å². The molecule has 0 saturated heterocycles. The summed E-state index contributed by atoms with van der Waals surface area (Å²) in [5, 5.41) is 11.5. The van der Waals surface area contributed by atoms with Crippen molar-refractivity contribution in [1.29, 1.82) is 0 Å². The van der Waals surface area contributed by atoms with Crippen molar-refractivity contribution >= 4 is 11.9 Å². The Bertz CT molecular complexity index is 449.